The maximum Gasteiger partial charge on any atom is 0.264 e. The van der Waals surface area contributed by atoms with Crippen LogP contribution in [0.1, 0.15) is 37.6 Å². The van der Waals surface area contributed by atoms with E-state index < -0.39 is 19.8 Å². The Balaban J connectivity index is 2.02. The number of rotatable bonds is 10. The number of nitrogens with one attached hydrogen (secondary N) is 2. The highest BCUT2D eigenvalue weighted by molar-refractivity contribution is 7.93. The van der Waals surface area contributed by atoms with Crippen LogP contribution < -0.4 is 9.62 Å². The van der Waals surface area contributed by atoms with E-state index in [1.54, 1.807) is 12.3 Å². The number of hydrogen-bond donors (Lipinski definition) is 2. The molecular formula is C26H34N4O3S2. The quantitative estimate of drug-likeness (QED) is 0.374. The molecule has 0 spiro atoms. The lowest BCUT2D eigenvalue weighted by atomic mass is 10.1. The van der Waals surface area contributed by atoms with E-state index in [1.807, 2.05) is 64.1 Å². The molecule has 188 valence electrons. The molecule has 7 nitrogen and oxygen atoms in total. The molecule has 1 atom stereocenters. The number of aryl methyl sites for hydroxylation is 2. The van der Waals surface area contributed by atoms with E-state index in [9.17, 15) is 12.6 Å². The van der Waals surface area contributed by atoms with Gasteiger partial charge in [0.2, 0.25) is 0 Å². The van der Waals surface area contributed by atoms with Gasteiger partial charge in [-0.05, 0) is 72.9 Å². The van der Waals surface area contributed by atoms with E-state index in [0.717, 1.165) is 23.2 Å². The molecule has 0 aliphatic carbocycles. The van der Waals surface area contributed by atoms with E-state index in [1.165, 1.54) is 22.7 Å². The maximum absolute atomic E-state index is 13.8. The van der Waals surface area contributed by atoms with E-state index in [-0.39, 0.29) is 15.7 Å². The average Bonchev–Trinajstić information content (AvgIpc) is 2.80. The van der Waals surface area contributed by atoms with Crippen molar-refractivity contribution in [2.75, 3.05) is 22.4 Å². The summed E-state index contributed by atoms with van der Waals surface area (Å²) in [6.07, 6.45) is 3.88. The van der Waals surface area contributed by atoms with Crippen LogP contribution in [-0.2, 0) is 32.7 Å². The number of anilines is 2. The second-order valence-electron chi connectivity index (χ2n) is 9.11. The monoisotopic (exact) mass is 514 g/mol. The van der Waals surface area contributed by atoms with Crippen LogP contribution in [0.15, 0.2) is 70.6 Å². The van der Waals surface area contributed by atoms with Crippen LogP contribution in [0.5, 0.6) is 0 Å². The van der Waals surface area contributed by atoms with Crippen molar-refractivity contribution in [1.82, 2.24) is 4.98 Å². The summed E-state index contributed by atoms with van der Waals surface area (Å²) in [6.45, 7) is 8.60. The number of nitrogens with zero attached hydrogens (tertiary/aromatic N) is 2. The predicted molar refractivity (Wildman–Crippen MR) is 143 cm³/mol. The zero-order chi connectivity index (χ0) is 25.8. The zero-order valence-corrected chi connectivity index (χ0v) is 22.5. The first-order valence-corrected chi connectivity index (χ1v) is 15.0. The van der Waals surface area contributed by atoms with E-state index in [2.05, 4.69) is 10.3 Å². The van der Waals surface area contributed by atoms with E-state index in [4.69, 9.17) is 4.78 Å². The van der Waals surface area contributed by atoms with Crippen molar-refractivity contribution >= 4 is 31.1 Å². The van der Waals surface area contributed by atoms with Crippen molar-refractivity contribution in [2.45, 2.75) is 50.5 Å². The molecule has 1 heterocycles. The highest BCUT2D eigenvalue weighted by atomic mass is 32.2. The maximum atomic E-state index is 13.8. The van der Waals surface area contributed by atoms with Gasteiger partial charge in [-0.2, -0.15) is 0 Å². The standard InChI is InChI=1S/C26H34N4O3S2/c1-6-21-7-9-23(10-8-21)30(18-19(2)3)35(32,33)24-11-12-25(26(16-24)34(5,27)31)29-17-22-13-14-28-20(4)15-22/h7-16,19,27,29H,6,17-18H2,1-5H3. The molecule has 2 aromatic carbocycles. The lowest BCUT2D eigenvalue weighted by Gasteiger charge is -2.27. The Kier molecular flexibility index (Phi) is 8.22. The molecule has 0 radical (unpaired) electrons. The number of benzene rings is 2. The largest absolute Gasteiger partial charge is 0.380 e. The molecule has 2 N–H and O–H groups in total. The van der Waals surface area contributed by atoms with Gasteiger partial charge in [0.15, 0.2) is 0 Å². The van der Waals surface area contributed by atoms with Crippen molar-refractivity contribution in [3.8, 4) is 0 Å². The molecule has 0 amide bonds. The first kappa shape index (κ1) is 26.7. The summed E-state index contributed by atoms with van der Waals surface area (Å²) >= 11 is 0. The summed E-state index contributed by atoms with van der Waals surface area (Å²) in [5.41, 5.74) is 4.03. The summed E-state index contributed by atoms with van der Waals surface area (Å²) in [5, 5.41) is 3.21. The second kappa shape index (κ2) is 10.8. The van der Waals surface area contributed by atoms with Crippen LogP contribution >= 0.6 is 0 Å². The Bertz CT molecular complexity index is 1380. The topological polar surface area (TPSA) is 103 Å². The van der Waals surface area contributed by atoms with Crippen molar-refractivity contribution in [2.24, 2.45) is 5.92 Å². The van der Waals surface area contributed by atoms with Crippen LogP contribution in [-0.4, -0.2) is 30.4 Å². The van der Waals surface area contributed by atoms with Gasteiger partial charge in [-0.15, -0.1) is 0 Å². The molecule has 9 heteroatoms. The fraction of sp³-hybridized carbons (Fsp3) is 0.346. The summed E-state index contributed by atoms with van der Waals surface area (Å²) in [5.74, 6) is 0.0893. The molecule has 0 saturated heterocycles. The normalized spacial score (nSPS) is 13.4. The van der Waals surface area contributed by atoms with Gasteiger partial charge in [0.05, 0.1) is 30.9 Å². The van der Waals surface area contributed by atoms with Gasteiger partial charge in [-0.25, -0.2) is 17.4 Å². The van der Waals surface area contributed by atoms with Gasteiger partial charge in [0, 0.05) is 31.2 Å². The van der Waals surface area contributed by atoms with Crippen molar-refractivity contribution < 1.29 is 12.6 Å². The highest BCUT2D eigenvalue weighted by Crippen LogP contribution is 2.30. The molecule has 3 rings (SSSR count). The first-order valence-electron chi connectivity index (χ1n) is 11.6. The van der Waals surface area contributed by atoms with Crippen LogP contribution in [0.2, 0.25) is 0 Å². The highest BCUT2D eigenvalue weighted by Gasteiger charge is 2.27. The van der Waals surface area contributed by atoms with Gasteiger partial charge in [-0.3, -0.25) is 9.29 Å². The predicted octanol–water partition coefficient (Wildman–Crippen LogP) is 5.45. The zero-order valence-electron chi connectivity index (χ0n) is 20.9. The minimum absolute atomic E-state index is 0.0137. The molecule has 0 saturated carbocycles. The van der Waals surface area contributed by atoms with Crippen LogP contribution in [0.3, 0.4) is 0 Å². The minimum atomic E-state index is -3.95. The Morgan fingerprint density at radius 1 is 1.00 bits per heavy atom. The third-order valence-corrected chi connectivity index (χ3v) is 8.54. The van der Waals surface area contributed by atoms with Crippen molar-refractivity contribution in [1.29, 1.82) is 4.78 Å². The summed E-state index contributed by atoms with van der Waals surface area (Å²) < 4.78 is 50.0. The first-order chi connectivity index (χ1) is 16.4. The number of pyridine rings is 1. The number of sulfonamides is 1. The SMILES string of the molecule is CCc1ccc(N(CC(C)C)S(=O)(=O)c2ccc(NCc3ccnc(C)c3)c(S(C)(=N)=O)c2)cc1. The third-order valence-electron chi connectivity index (χ3n) is 5.57. The third kappa shape index (κ3) is 6.61. The molecule has 0 fully saturated rings. The lowest BCUT2D eigenvalue weighted by molar-refractivity contribution is 0.577. The fourth-order valence-electron chi connectivity index (χ4n) is 3.74. The van der Waals surface area contributed by atoms with Gasteiger partial charge in [-0.1, -0.05) is 32.9 Å². The summed E-state index contributed by atoms with van der Waals surface area (Å²) in [6, 6.07) is 15.8. The number of aromatic nitrogens is 1. The molecule has 0 bridgehead atoms. The average molecular weight is 515 g/mol. The summed E-state index contributed by atoms with van der Waals surface area (Å²) in [7, 11) is -7.16. The van der Waals surface area contributed by atoms with Crippen LogP contribution in [0, 0.1) is 17.6 Å². The minimum Gasteiger partial charge on any atom is -0.380 e. The summed E-state index contributed by atoms with van der Waals surface area (Å²) in [4.78, 5) is 4.36. The van der Waals surface area contributed by atoms with Crippen molar-refractivity contribution in [3.63, 3.8) is 0 Å². The Hall–Kier alpha value is -2.91. The van der Waals surface area contributed by atoms with Crippen LogP contribution in [0.25, 0.3) is 0 Å². The molecule has 35 heavy (non-hydrogen) atoms. The molecule has 3 aromatic rings. The van der Waals surface area contributed by atoms with Crippen molar-refractivity contribution in [3.05, 3.63) is 77.6 Å². The molecule has 0 aliphatic heterocycles. The van der Waals surface area contributed by atoms with Gasteiger partial charge < -0.3 is 5.32 Å². The lowest BCUT2D eigenvalue weighted by Crippen LogP contribution is -2.34. The van der Waals surface area contributed by atoms with Crippen LogP contribution in [0.4, 0.5) is 11.4 Å². The molecule has 1 unspecified atom stereocenters. The Labute approximate surface area is 209 Å². The Morgan fingerprint density at radius 3 is 2.26 bits per heavy atom. The Morgan fingerprint density at radius 2 is 1.69 bits per heavy atom. The van der Waals surface area contributed by atoms with Gasteiger partial charge in [0.1, 0.15) is 0 Å². The van der Waals surface area contributed by atoms with E-state index in [0.29, 0.717) is 24.5 Å². The van der Waals surface area contributed by atoms with Gasteiger partial charge >= 0.3 is 0 Å². The number of hydrogen-bond acceptors (Lipinski definition) is 6. The molecule has 1 aromatic heterocycles. The second-order valence-corrected chi connectivity index (χ2v) is 13.1. The smallest absolute Gasteiger partial charge is 0.264 e. The molecular weight excluding hydrogens is 480 g/mol. The molecule has 0 aliphatic rings. The van der Waals surface area contributed by atoms with Gasteiger partial charge in [0.25, 0.3) is 10.0 Å². The van der Waals surface area contributed by atoms with E-state index >= 15 is 0 Å². The fourth-order valence-corrected chi connectivity index (χ4v) is 6.38.